The Morgan fingerprint density at radius 1 is 1.45 bits per heavy atom. The molecule has 20 heavy (non-hydrogen) atoms. The molecule has 0 atom stereocenters. The molecule has 3 nitrogen and oxygen atoms in total. The van der Waals surface area contributed by atoms with Crippen molar-refractivity contribution in [2.75, 3.05) is 0 Å². The molecule has 1 N–H and O–H groups in total. The van der Waals surface area contributed by atoms with Crippen molar-refractivity contribution >= 4 is 5.91 Å². The van der Waals surface area contributed by atoms with Crippen LogP contribution >= 0.6 is 0 Å². The fourth-order valence-corrected chi connectivity index (χ4v) is 2.95. The molecule has 4 heteroatoms. The zero-order valence-corrected chi connectivity index (χ0v) is 12.1. The van der Waals surface area contributed by atoms with Crippen LogP contribution in [0.4, 0.5) is 4.39 Å². The molecule has 0 saturated heterocycles. The Labute approximate surface area is 118 Å². The summed E-state index contributed by atoms with van der Waals surface area (Å²) < 4.78 is 13.5. The van der Waals surface area contributed by atoms with Gasteiger partial charge in [0, 0.05) is 6.54 Å². The zero-order valence-electron chi connectivity index (χ0n) is 12.1. The highest BCUT2D eigenvalue weighted by atomic mass is 19.1. The third-order valence-corrected chi connectivity index (χ3v) is 3.99. The quantitative estimate of drug-likeness (QED) is 0.921. The predicted molar refractivity (Wildman–Crippen MR) is 74.2 cm³/mol. The smallest absolute Gasteiger partial charge is 0.240 e. The van der Waals surface area contributed by atoms with Gasteiger partial charge in [-0.2, -0.15) is 5.26 Å². The molecule has 0 radical (unpaired) electrons. The molecular formula is C16H19FN2O. The summed E-state index contributed by atoms with van der Waals surface area (Å²) in [6.45, 7) is 5.78. The van der Waals surface area contributed by atoms with Gasteiger partial charge in [-0.05, 0) is 49.3 Å². The minimum Gasteiger partial charge on any atom is -0.351 e. The monoisotopic (exact) mass is 274 g/mol. The first kappa shape index (κ1) is 14.5. The lowest BCUT2D eigenvalue weighted by Gasteiger charge is -2.39. The molecule has 1 aromatic rings. The van der Waals surface area contributed by atoms with Crippen LogP contribution < -0.4 is 5.32 Å². The summed E-state index contributed by atoms with van der Waals surface area (Å²) in [4.78, 5) is 12.1. The molecule has 1 fully saturated rings. The van der Waals surface area contributed by atoms with E-state index in [-0.39, 0.29) is 11.7 Å². The maximum absolute atomic E-state index is 13.5. The molecule has 0 heterocycles. The van der Waals surface area contributed by atoms with E-state index in [1.165, 1.54) is 0 Å². The van der Waals surface area contributed by atoms with E-state index >= 15 is 0 Å². The molecule has 106 valence electrons. The molecule has 0 aliphatic heterocycles. The van der Waals surface area contributed by atoms with Crippen LogP contribution in [-0.2, 0) is 11.3 Å². The van der Waals surface area contributed by atoms with Crippen molar-refractivity contribution < 1.29 is 9.18 Å². The van der Waals surface area contributed by atoms with Gasteiger partial charge in [-0.25, -0.2) is 4.39 Å². The number of carbonyl (C=O) groups is 1. The number of nitrogens with zero attached hydrogens (tertiary/aromatic N) is 1. The van der Waals surface area contributed by atoms with Gasteiger partial charge < -0.3 is 5.32 Å². The van der Waals surface area contributed by atoms with Gasteiger partial charge in [0.25, 0.3) is 0 Å². The molecule has 1 aliphatic rings. The minimum absolute atomic E-state index is 0.207. The first-order chi connectivity index (χ1) is 9.38. The Bertz CT molecular complexity index is 560. The summed E-state index contributed by atoms with van der Waals surface area (Å²) in [5, 5.41) is 12.0. The lowest BCUT2D eigenvalue weighted by molar-refractivity contribution is -0.134. The number of aryl methyl sites for hydroxylation is 2. The van der Waals surface area contributed by atoms with E-state index in [0.29, 0.717) is 36.4 Å². The minimum atomic E-state index is -0.858. The van der Waals surface area contributed by atoms with Crippen LogP contribution in [0.25, 0.3) is 0 Å². The van der Waals surface area contributed by atoms with Crippen LogP contribution in [0.1, 0.15) is 36.5 Å². The normalized spacial score (nSPS) is 24.6. The number of nitrogens with one attached hydrogen (secondary N) is 1. The Balaban J connectivity index is 2.03. The van der Waals surface area contributed by atoms with Gasteiger partial charge in [0.15, 0.2) is 0 Å². The molecule has 0 spiro atoms. The molecule has 0 aromatic heterocycles. The number of hydrogen-bond donors (Lipinski definition) is 1. The van der Waals surface area contributed by atoms with Crippen molar-refractivity contribution in [3.63, 3.8) is 0 Å². The fourth-order valence-electron chi connectivity index (χ4n) is 2.95. The Morgan fingerprint density at radius 3 is 2.45 bits per heavy atom. The maximum Gasteiger partial charge on any atom is 0.240 e. The highest BCUT2D eigenvalue weighted by Gasteiger charge is 2.48. The van der Waals surface area contributed by atoms with Crippen molar-refractivity contribution in [1.29, 1.82) is 5.26 Å². The maximum atomic E-state index is 13.5. The van der Waals surface area contributed by atoms with E-state index < -0.39 is 5.41 Å². The van der Waals surface area contributed by atoms with Crippen molar-refractivity contribution in [3.05, 3.63) is 34.6 Å². The highest BCUT2D eigenvalue weighted by Crippen LogP contribution is 2.45. The Hall–Kier alpha value is -1.89. The van der Waals surface area contributed by atoms with Crippen molar-refractivity contribution in [1.82, 2.24) is 5.32 Å². The number of rotatable bonds is 3. The van der Waals surface area contributed by atoms with Gasteiger partial charge in [0.05, 0.1) is 6.07 Å². The van der Waals surface area contributed by atoms with E-state index in [1.807, 2.05) is 6.92 Å². The van der Waals surface area contributed by atoms with Crippen LogP contribution in [-0.4, -0.2) is 5.91 Å². The Kier molecular flexibility index (Phi) is 3.80. The van der Waals surface area contributed by atoms with Crippen molar-refractivity contribution in [2.45, 2.75) is 40.2 Å². The number of nitriles is 1. The summed E-state index contributed by atoms with van der Waals surface area (Å²) in [7, 11) is 0. The summed E-state index contributed by atoms with van der Waals surface area (Å²) in [5.41, 5.74) is 1.14. The molecule has 2 rings (SSSR count). The number of amides is 1. The van der Waals surface area contributed by atoms with Gasteiger partial charge in [-0.3, -0.25) is 4.79 Å². The molecule has 1 aliphatic carbocycles. The van der Waals surface area contributed by atoms with E-state index in [9.17, 15) is 14.4 Å². The van der Waals surface area contributed by atoms with Gasteiger partial charge in [0.1, 0.15) is 11.2 Å². The average molecular weight is 274 g/mol. The molecule has 1 amide bonds. The van der Waals surface area contributed by atoms with Crippen molar-refractivity contribution in [2.24, 2.45) is 11.3 Å². The van der Waals surface area contributed by atoms with Gasteiger partial charge in [-0.1, -0.05) is 19.1 Å². The zero-order chi connectivity index (χ0) is 14.9. The van der Waals surface area contributed by atoms with E-state index in [1.54, 1.807) is 26.0 Å². The number of halogens is 1. The van der Waals surface area contributed by atoms with Crippen LogP contribution in [0.3, 0.4) is 0 Å². The lowest BCUT2D eigenvalue weighted by Crippen LogP contribution is -2.47. The van der Waals surface area contributed by atoms with Gasteiger partial charge >= 0.3 is 0 Å². The SMILES string of the molecule is Cc1cc(CNC(=O)C2(C#N)CC(C)C2)cc(C)c1F. The predicted octanol–water partition coefficient (Wildman–Crippen LogP) is 3.00. The van der Waals surface area contributed by atoms with E-state index in [4.69, 9.17) is 0 Å². The summed E-state index contributed by atoms with van der Waals surface area (Å²) in [5.74, 6) is 0.00910. The number of hydrogen-bond acceptors (Lipinski definition) is 2. The topological polar surface area (TPSA) is 52.9 Å². The molecule has 1 saturated carbocycles. The largest absolute Gasteiger partial charge is 0.351 e. The third kappa shape index (κ3) is 2.53. The van der Waals surface area contributed by atoms with Crippen LogP contribution in [0.2, 0.25) is 0 Å². The third-order valence-electron chi connectivity index (χ3n) is 3.99. The van der Waals surface area contributed by atoms with Gasteiger partial charge in [0.2, 0.25) is 5.91 Å². The summed E-state index contributed by atoms with van der Waals surface area (Å²) in [6.07, 6.45) is 1.24. The molecular weight excluding hydrogens is 255 g/mol. The number of carbonyl (C=O) groups excluding carboxylic acids is 1. The molecule has 0 bridgehead atoms. The molecule has 1 aromatic carbocycles. The fraction of sp³-hybridized carbons (Fsp3) is 0.500. The van der Waals surface area contributed by atoms with Gasteiger partial charge in [-0.15, -0.1) is 0 Å². The highest BCUT2D eigenvalue weighted by molar-refractivity contribution is 5.86. The Morgan fingerprint density at radius 2 is 2.00 bits per heavy atom. The summed E-state index contributed by atoms with van der Waals surface area (Å²) >= 11 is 0. The van der Waals surface area contributed by atoms with Crippen LogP contribution in [0, 0.1) is 42.3 Å². The second-order valence-electron chi connectivity index (χ2n) is 5.93. The lowest BCUT2D eigenvalue weighted by atomic mass is 9.63. The second kappa shape index (κ2) is 5.24. The van der Waals surface area contributed by atoms with Crippen molar-refractivity contribution in [3.8, 4) is 6.07 Å². The summed E-state index contributed by atoms with van der Waals surface area (Å²) in [6, 6.07) is 5.60. The number of benzene rings is 1. The van der Waals surface area contributed by atoms with E-state index in [0.717, 1.165) is 5.56 Å². The average Bonchev–Trinajstić information content (AvgIpc) is 2.38. The van der Waals surface area contributed by atoms with Crippen LogP contribution in [0.5, 0.6) is 0 Å². The standard InChI is InChI=1S/C16H19FN2O/c1-10-6-16(7-10,9-18)15(20)19-8-13-4-11(2)14(17)12(3)5-13/h4-5,10H,6-8H2,1-3H3,(H,19,20). The first-order valence-electron chi connectivity index (χ1n) is 6.83. The second-order valence-corrected chi connectivity index (χ2v) is 5.93. The first-order valence-corrected chi connectivity index (χ1v) is 6.83. The van der Waals surface area contributed by atoms with Crippen LogP contribution in [0.15, 0.2) is 12.1 Å². The van der Waals surface area contributed by atoms with E-state index in [2.05, 4.69) is 11.4 Å². The molecule has 0 unspecified atom stereocenters.